The predicted octanol–water partition coefficient (Wildman–Crippen LogP) is 7.14. The lowest BCUT2D eigenvalue weighted by molar-refractivity contribution is 0.508. The summed E-state index contributed by atoms with van der Waals surface area (Å²) in [4.78, 5) is 4.48. The summed E-state index contributed by atoms with van der Waals surface area (Å²) in [5.41, 5.74) is 3.43. The molecule has 138 valence electrons. The number of rotatable bonds is 6. The lowest BCUT2D eigenvalue weighted by Crippen LogP contribution is -1.99. The number of hydrogen-bond acceptors (Lipinski definition) is 2. The van der Waals surface area contributed by atoms with Gasteiger partial charge in [0.15, 0.2) is 0 Å². The summed E-state index contributed by atoms with van der Waals surface area (Å²) < 4.78 is 7.09. The van der Waals surface area contributed by atoms with Crippen molar-refractivity contribution in [1.82, 2.24) is 4.98 Å². The van der Waals surface area contributed by atoms with Crippen LogP contribution in [0.2, 0.25) is 0 Å². The van der Waals surface area contributed by atoms with Crippen LogP contribution in [-0.2, 0) is 6.42 Å². The summed E-state index contributed by atoms with van der Waals surface area (Å²) in [6.45, 7) is 0. The first kappa shape index (κ1) is 18.5. The van der Waals surface area contributed by atoms with Gasteiger partial charge in [0.05, 0.1) is 6.20 Å². The fourth-order valence-electron chi connectivity index (χ4n) is 3.13. The molecule has 2 nitrogen and oxygen atoms in total. The van der Waals surface area contributed by atoms with Gasteiger partial charge in [0.1, 0.15) is 5.76 Å². The molecule has 3 aromatic carbocycles. The summed E-state index contributed by atoms with van der Waals surface area (Å²) in [6.07, 6.45) is 7.01. The Bertz CT molecular complexity index is 1040. The molecule has 0 aliphatic carbocycles. The van der Waals surface area contributed by atoms with Gasteiger partial charge in [-0.25, -0.2) is 4.98 Å². The maximum Gasteiger partial charge on any atom is 0.226 e. The van der Waals surface area contributed by atoms with Crippen molar-refractivity contribution >= 4 is 22.0 Å². The fraction of sp³-hybridized carbons (Fsp3) is 0.0800. The van der Waals surface area contributed by atoms with E-state index >= 15 is 0 Å². The minimum atomic E-state index is 0.215. The number of allylic oxidation sites excluding steroid dienone is 1. The molecule has 0 aliphatic rings. The molecule has 1 aromatic heterocycles. The van der Waals surface area contributed by atoms with Gasteiger partial charge >= 0.3 is 0 Å². The first-order valence-electron chi connectivity index (χ1n) is 9.27. The van der Waals surface area contributed by atoms with Crippen LogP contribution in [0.3, 0.4) is 0 Å². The number of benzene rings is 3. The number of nitrogens with zero attached hydrogens (tertiary/aromatic N) is 1. The molecule has 1 atom stereocenters. The van der Waals surface area contributed by atoms with Crippen LogP contribution < -0.4 is 0 Å². The average molecular weight is 430 g/mol. The average Bonchev–Trinajstić information content (AvgIpc) is 3.21. The molecular weight excluding hydrogens is 410 g/mol. The number of hydrogen-bond donors (Lipinski definition) is 0. The van der Waals surface area contributed by atoms with E-state index in [0.717, 1.165) is 22.2 Å². The number of aromatic nitrogens is 1. The minimum absolute atomic E-state index is 0.215. The highest BCUT2D eigenvalue weighted by atomic mass is 79.9. The Morgan fingerprint density at radius 3 is 2.25 bits per heavy atom. The van der Waals surface area contributed by atoms with Gasteiger partial charge in [-0.1, -0.05) is 88.7 Å². The van der Waals surface area contributed by atoms with Crippen LogP contribution in [0.15, 0.2) is 106 Å². The molecular formula is C25H20BrNO. The molecule has 0 radical (unpaired) electrons. The van der Waals surface area contributed by atoms with E-state index in [-0.39, 0.29) is 5.92 Å². The molecule has 0 amide bonds. The van der Waals surface area contributed by atoms with Crippen molar-refractivity contribution in [1.29, 1.82) is 0 Å². The van der Waals surface area contributed by atoms with E-state index in [4.69, 9.17) is 4.42 Å². The van der Waals surface area contributed by atoms with E-state index in [9.17, 15) is 0 Å². The van der Waals surface area contributed by atoms with Crippen LogP contribution in [-0.4, -0.2) is 4.98 Å². The highest BCUT2D eigenvalue weighted by molar-refractivity contribution is 9.10. The third-order valence-electron chi connectivity index (χ3n) is 4.61. The Hall–Kier alpha value is -2.91. The molecule has 1 heterocycles. The lowest BCUT2D eigenvalue weighted by atomic mass is 9.93. The predicted molar refractivity (Wildman–Crippen MR) is 118 cm³/mol. The van der Waals surface area contributed by atoms with E-state index in [1.165, 1.54) is 11.1 Å². The molecule has 1 unspecified atom stereocenters. The van der Waals surface area contributed by atoms with Crippen molar-refractivity contribution < 1.29 is 4.42 Å². The third kappa shape index (κ3) is 4.68. The monoisotopic (exact) mass is 429 g/mol. The van der Waals surface area contributed by atoms with Gasteiger partial charge in [0.2, 0.25) is 5.89 Å². The second-order valence-electron chi connectivity index (χ2n) is 6.63. The zero-order valence-corrected chi connectivity index (χ0v) is 16.9. The van der Waals surface area contributed by atoms with E-state index in [1.54, 1.807) is 0 Å². The van der Waals surface area contributed by atoms with Crippen LogP contribution in [0.1, 0.15) is 22.8 Å². The van der Waals surface area contributed by atoms with Gasteiger partial charge in [0.25, 0.3) is 0 Å². The molecule has 4 rings (SSSR count). The second-order valence-corrected chi connectivity index (χ2v) is 7.55. The molecule has 0 saturated heterocycles. The van der Waals surface area contributed by atoms with Crippen molar-refractivity contribution in [2.45, 2.75) is 12.3 Å². The molecule has 3 heteroatoms. The maximum absolute atomic E-state index is 6.05. The van der Waals surface area contributed by atoms with Crippen molar-refractivity contribution in [2.24, 2.45) is 0 Å². The Morgan fingerprint density at radius 2 is 1.54 bits per heavy atom. The Labute approximate surface area is 173 Å². The van der Waals surface area contributed by atoms with Crippen molar-refractivity contribution in [3.8, 4) is 11.5 Å². The Balaban J connectivity index is 1.57. The third-order valence-corrected chi connectivity index (χ3v) is 5.14. The first-order chi connectivity index (χ1) is 13.8. The molecule has 4 aromatic rings. The Morgan fingerprint density at radius 1 is 0.857 bits per heavy atom. The van der Waals surface area contributed by atoms with E-state index in [2.05, 4.69) is 81.6 Å². The van der Waals surface area contributed by atoms with Gasteiger partial charge < -0.3 is 4.42 Å². The SMILES string of the molecule is Brc1ccc(-c2ncc(CC(/C=C/c3ccccc3)c3ccccc3)o2)cc1. The largest absolute Gasteiger partial charge is 0.441 e. The van der Waals surface area contributed by atoms with Crippen LogP contribution in [0.4, 0.5) is 0 Å². The van der Waals surface area contributed by atoms with Crippen LogP contribution in [0, 0.1) is 0 Å². The van der Waals surface area contributed by atoms with Crippen LogP contribution in [0.5, 0.6) is 0 Å². The summed E-state index contributed by atoms with van der Waals surface area (Å²) in [7, 11) is 0. The van der Waals surface area contributed by atoms with E-state index in [1.807, 2.05) is 42.6 Å². The highest BCUT2D eigenvalue weighted by Crippen LogP contribution is 2.27. The quantitative estimate of drug-likeness (QED) is 0.325. The molecule has 0 fully saturated rings. The van der Waals surface area contributed by atoms with Gasteiger partial charge in [0, 0.05) is 22.4 Å². The van der Waals surface area contributed by atoms with Gasteiger partial charge in [-0.2, -0.15) is 0 Å². The zero-order chi connectivity index (χ0) is 19.2. The summed E-state index contributed by atoms with van der Waals surface area (Å²) in [6, 6.07) is 28.9. The van der Waals surface area contributed by atoms with Gasteiger partial charge in [-0.15, -0.1) is 0 Å². The van der Waals surface area contributed by atoms with Crippen molar-refractivity contribution in [3.63, 3.8) is 0 Å². The summed E-state index contributed by atoms with van der Waals surface area (Å²) >= 11 is 3.46. The standard InChI is InChI=1S/C25H20BrNO/c26-23-15-13-21(14-16-23)25-27-18-24(28-25)17-22(20-9-5-2-6-10-20)12-11-19-7-3-1-4-8-19/h1-16,18,22H,17H2/b12-11+. The smallest absolute Gasteiger partial charge is 0.226 e. The number of oxazole rings is 1. The van der Waals surface area contributed by atoms with E-state index in [0.29, 0.717) is 5.89 Å². The van der Waals surface area contributed by atoms with Crippen LogP contribution in [0.25, 0.3) is 17.5 Å². The number of halogens is 1. The van der Waals surface area contributed by atoms with Gasteiger partial charge in [-0.05, 0) is 35.4 Å². The summed E-state index contributed by atoms with van der Waals surface area (Å²) in [5.74, 6) is 1.75. The second kappa shape index (κ2) is 8.85. The molecule has 0 bridgehead atoms. The maximum atomic E-state index is 6.05. The highest BCUT2D eigenvalue weighted by Gasteiger charge is 2.13. The van der Waals surface area contributed by atoms with Crippen molar-refractivity contribution in [2.75, 3.05) is 0 Å². The summed E-state index contributed by atoms with van der Waals surface area (Å²) in [5, 5.41) is 0. The van der Waals surface area contributed by atoms with E-state index < -0.39 is 0 Å². The molecule has 0 aliphatic heterocycles. The normalized spacial score (nSPS) is 12.3. The molecule has 28 heavy (non-hydrogen) atoms. The molecule has 0 saturated carbocycles. The lowest BCUT2D eigenvalue weighted by Gasteiger charge is -2.11. The van der Waals surface area contributed by atoms with Gasteiger partial charge in [-0.3, -0.25) is 0 Å². The fourth-order valence-corrected chi connectivity index (χ4v) is 3.40. The Kier molecular flexibility index (Phi) is 5.83. The molecule has 0 N–H and O–H groups in total. The molecule has 0 spiro atoms. The van der Waals surface area contributed by atoms with Crippen molar-refractivity contribution in [3.05, 3.63) is 119 Å². The topological polar surface area (TPSA) is 26.0 Å². The minimum Gasteiger partial charge on any atom is -0.441 e. The van der Waals surface area contributed by atoms with Crippen LogP contribution >= 0.6 is 15.9 Å². The zero-order valence-electron chi connectivity index (χ0n) is 15.3. The first-order valence-corrected chi connectivity index (χ1v) is 10.1.